The molecule has 0 fully saturated rings. The third-order valence-electron chi connectivity index (χ3n) is 3.78. The molecule has 0 bridgehead atoms. The van der Waals surface area contributed by atoms with E-state index in [4.69, 9.17) is 4.74 Å². The van der Waals surface area contributed by atoms with Crippen LogP contribution in [0.25, 0.3) is 6.08 Å². The van der Waals surface area contributed by atoms with Gasteiger partial charge in [-0.2, -0.15) is 0 Å². The number of aromatic carboxylic acids is 1. The minimum Gasteiger partial charge on any atom is -0.497 e. The molecule has 1 aromatic heterocycles. The summed E-state index contributed by atoms with van der Waals surface area (Å²) in [5.74, 6) is -0.318. The van der Waals surface area contributed by atoms with E-state index < -0.39 is 12.1 Å². The number of aliphatic hydroxyl groups is 1. The number of aromatic nitrogens is 1. The average molecular weight is 297 g/mol. The van der Waals surface area contributed by atoms with Crippen molar-refractivity contribution in [1.82, 2.24) is 4.98 Å². The number of carbonyl (C=O) groups is 1. The Morgan fingerprint density at radius 2 is 2.18 bits per heavy atom. The van der Waals surface area contributed by atoms with Crippen LogP contribution in [0.3, 0.4) is 0 Å². The first kappa shape index (κ1) is 14.3. The monoisotopic (exact) mass is 297 g/mol. The van der Waals surface area contributed by atoms with Crippen LogP contribution in [0.2, 0.25) is 0 Å². The third-order valence-corrected chi connectivity index (χ3v) is 3.78. The van der Waals surface area contributed by atoms with Crippen molar-refractivity contribution in [2.45, 2.75) is 12.5 Å². The number of pyridine rings is 1. The summed E-state index contributed by atoms with van der Waals surface area (Å²) in [4.78, 5) is 15.4. The highest BCUT2D eigenvalue weighted by atomic mass is 16.5. The maximum absolute atomic E-state index is 11.3. The molecule has 1 aliphatic rings. The zero-order chi connectivity index (χ0) is 15.7. The molecule has 1 atom stereocenters. The van der Waals surface area contributed by atoms with Crippen molar-refractivity contribution in [1.29, 1.82) is 0 Å². The van der Waals surface area contributed by atoms with Crippen molar-refractivity contribution in [3.05, 3.63) is 64.5 Å². The van der Waals surface area contributed by atoms with Gasteiger partial charge in [-0.05, 0) is 47.4 Å². The van der Waals surface area contributed by atoms with Crippen LogP contribution in [-0.2, 0) is 6.42 Å². The Hall–Kier alpha value is -2.66. The first-order chi connectivity index (χ1) is 10.6. The van der Waals surface area contributed by atoms with Crippen LogP contribution < -0.4 is 4.74 Å². The molecule has 2 aromatic rings. The number of carboxylic acid groups (broad SMARTS) is 1. The van der Waals surface area contributed by atoms with Gasteiger partial charge in [0.05, 0.1) is 18.4 Å². The molecule has 0 spiro atoms. The molecular weight excluding hydrogens is 282 g/mol. The van der Waals surface area contributed by atoms with E-state index in [9.17, 15) is 15.0 Å². The summed E-state index contributed by atoms with van der Waals surface area (Å²) in [5.41, 5.74) is 2.91. The molecule has 5 nitrogen and oxygen atoms in total. The van der Waals surface area contributed by atoms with Crippen LogP contribution in [0.15, 0.2) is 42.1 Å². The zero-order valence-electron chi connectivity index (χ0n) is 12.0. The quantitative estimate of drug-likeness (QED) is 0.906. The Kier molecular flexibility index (Phi) is 3.65. The van der Waals surface area contributed by atoms with Gasteiger partial charge in [0.2, 0.25) is 0 Å². The minimum absolute atomic E-state index is 0.231. The van der Waals surface area contributed by atoms with Crippen molar-refractivity contribution >= 4 is 12.0 Å². The minimum atomic E-state index is -0.982. The van der Waals surface area contributed by atoms with Gasteiger partial charge in [0.1, 0.15) is 11.9 Å². The average Bonchev–Trinajstić information content (AvgIpc) is 2.97. The number of aliphatic hydroxyl groups excluding tert-OH is 1. The van der Waals surface area contributed by atoms with Crippen molar-refractivity contribution < 1.29 is 19.7 Å². The molecule has 0 saturated heterocycles. The molecule has 5 heteroatoms. The van der Waals surface area contributed by atoms with Crippen LogP contribution in [0.1, 0.15) is 33.3 Å². The Balaban J connectivity index is 1.91. The lowest BCUT2D eigenvalue weighted by Crippen LogP contribution is -2.06. The molecular formula is C17H15NO4. The smallest absolute Gasteiger partial charge is 0.336 e. The molecule has 1 heterocycles. The lowest BCUT2D eigenvalue weighted by atomic mass is 9.98. The normalized spacial score (nSPS) is 14.2. The van der Waals surface area contributed by atoms with Gasteiger partial charge >= 0.3 is 5.97 Å². The SMILES string of the molecule is COc1cccc(C(O)C2=Cc3nccc(C(=O)O)c3C2)c1. The summed E-state index contributed by atoms with van der Waals surface area (Å²) in [7, 11) is 1.57. The van der Waals surface area contributed by atoms with Gasteiger partial charge in [0.15, 0.2) is 0 Å². The molecule has 1 aromatic carbocycles. The van der Waals surface area contributed by atoms with Crippen molar-refractivity contribution in [3.8, 4) is 5.75 Å². The summed E-state index contributed by atoms with van der Waals surface area (Å²) in [5, 5.41) is 19.8. The van der Waals surface area contributed by atoms with Crippen molar-refractivity contribution in [2.75, 3.05) is 7.11 Å². The molecule has 112 valence electrons. The number of carboxylic acids is 1. The van der Waals surface area contributed by atoms with Gasteiger partial charge in [0.25, 0.3) is 0 Å². The van der Waals surface area contributed by atoms with Crippen molar-refractivity contribution in [3.63, 3.8) is 0 Å². The molecule has 0 amide bonds. The summed E-state index contributed by atoms with van der Waals surface area (Å²) < 4.78 is 5.16. The molecule has 22 heavy (non-hydrogen) atoms. The summed E-state index contributed by atoms with van der Waals surface area (Å²) in [6.45, 7) is 0. The number of nitrogens with zero attached hydrogens (tertiary/aromatic N) is 1. The largest absolute Gasteiger partial charge is 0.497 e. The Morgan fingerprint density at radius 1 is 1.36 bits per heavy atom. The highest BCUT2D eigenvalue weighted by Gasteiger charge is 2.25. The van der Waals surface area contributed by atoms with Crippen LogP contribution in [-0.4, -0.2) is 28.3 Å². The van der Waals surface area contributed by atoms with Crippen LogP contribution >= 0.6 is 0 Å². The highest BCUT2D eigenvalue weighted by molar-refractivity contribution is 5.91. The van der Waals surface area contributed by atoms with Gasteiger partial charge < -0.3 is 14.9 Å². The molecule has 1 aliphatic carbocycles. The Labute approximate surface area is 127 Å². The maximum Gasteiger partial charge on any atom is 0.336 e. The second-order valence-corrected chi connectivity index (χ2v) is 5.10. The van der Waals surface area contributed by atoms with Crippen LogP contribution in [0.5, 0.6) is 5.75 Å². The lowest BCUT2D eigenvalue weighted by Gasteiger charge is -2.13. The molecule has 2 N–H and O–H groups in total. The number of fused-ring (bicyclic) bond motifs is 1. The van der Waals surface area contributed by atoms with Crippen LogP contribution in [0.4, 0.5) is 0 Å². The standard InChI is InChI=1S/C17H15NO4/c1-22-12-4-2-3-10(7-12)16(19)11-8-14-13(17(20)21)5-6-18-15(14)9-11/h2-7,9,16,19H,8H2,1H3,(H,20,21). The summed E-state index contributed by atoms with van der Waals surface area (Å²) >= 11 is 0. The summed E-state index contributed by atoms with van der Waals surface area (Å²) in [6.07, 6.45) is 2.79. The number of hydrogen-bond donors (Lipinski definition) is 2. The second-order valence-electron chi connectivity index (χ2n) is 5.10. The van der Waals surface area contributed by atoms with E-state index in [1.807, 2.05) is 6.07 Å². The number of rotatable bonds is 4. The van der Waals surface area contributed by atoms with Crippen LogP contribution in [0, 0.1) is 0 Å². The lowest BCUT2D eigenvalue weighted by molar-refractivity contribution is 0.0695. The predicted octanol–water partition coefficient (Wildman–Crippen LogP) is 2.46. The molecule has 0 saturated carbocycles. The fourth-order valence-corrected chi connectivity index (χ4v) is 2.65. The van der Waals surface area contributed by atoms with Gasteiger partial charge in [-0.1, -0.05) is 12.1 Å². The van der Waals surface area contributed by atoms with Gasteiger partial charge in [-0.15, -0.1) is 0 Å². The zero-order valence-corrected chi connectivity index (χ0v) is 12.0. The third kappa shape index (κ3) is 2.46. The van der Waals surface area contributed by atoms with E-state index in [2.05, 4.69) is 4.98 Å². The number of ether oxygens (including phenoxy) is 1. The summed E-state index contributed by atoms with van der Waals surface area (Å²) in [6, 6.07) is 8.66. The number of benzene rings is 1. The first-order valence-electron chi connectivity index (χ1n) is 6.84. The van der Waals surface area contributed by atoms with Gasteiger partial charge in [0, 0.05) is 6.20 Å². The maximum atomic E-state index is 11.3. The molecule has 0 radical (unpaired) electrons. The molecule has 0 aliphatic heterocycles. The van der Waals surface area contributed by atoms with E-state index in [0.29, 0.717) is 29.0 Å². The molecule has 1 unspecified atom stereocenters. The number of methoxy groups -OCH3 is 1. The van der Waals surface area contributed by atoms with E-state index in [1.165, 1.54) is 12.3 Å². The van der Waals surface area contributed by atoms with E-state index in [-0.39, 0.29) is 5.56 Å². The first-order valence-corrected chi connectivity index (χ1v) is 6.84. The number of hydrogen-bond acceptors (Lipinski definition) is 4. The van der Waals surface area contributed by atoms with Crippen molar-refractivity contribution in [2.24, 2.45) is 0 Å². The second kappa shape index (κ2) is 5.61. The Bertz CT molecular complexity index is 767. The van der Waals surface area contributed by atoms with Gasteiger partial charge in [-0.25, -0.2) is 4.79 Å². The highest BCUT2D eigenvalue weighted by Crippen LogP contribution is 2.34. The van der Waals surface area contributed by atoms with E-state index in [0.717, 1.165) is 5.57 Å². The van der Waals surface area contributed by atoms with Gasteiger partial charge in [-0.3, -0.25) is 4.98 Å². The predicted molar refractivity (Wildman–Crippen MR) is 80.8 cm³/mol. The van der Waals surface area contributed by atoms with E-state index >= 15 is 0 Å². The van der Waals surface area contributed by atoms with E-state index in [1.54, 1.807) is 31.4 Å². The molecule has 3 rings (SSSR count). The Morgan fingerprint density at radius 3 is 2.91 bits per heavy atom. The fraction of sp³-hybridized carbons (Fsp3) is 0.176. The fourth-order valence-electron chi connectivity index (χ4n) is 2.65. The topological polar surface area (TPSA) is 79.7 Å².